The minimum atomic E-state index is -0.0783. The Bertz CT molecular complexity index is 322. The maximum atomic E-state index is 11.6. The van der Waals surface area contributed by atoms with Gasteiger partial charge in [-0.2, -0.15) is 0 Å². The lowest BCUT2D eigenvalue weighted by Crippen LogP contribution is -2.61. The van der Waals surface area contributed by atoms with Crippen molar-refractivity contribution in [3.05, 3.63) is 12.2 Å². The molecule has 16 heavy (non-hydrogen) atoms. The van der Waals surface area contributed by atoms with Gasteiger partial charge in [0.05, 0.1) is 0 Å². The molecular formula is C12H18N2O2. The van der Waals surface area contributed by atoms with E-state index in [1.54, 1.807) is 0 Å². The smallest absolute Gasteiger partial charge is 0.246 e. The topological polar surface area (TPSA) is 49.4 Å². The maximum Gasteiger partial charge on any atom is 0.246 e. The summed E-state index contributed by atoms with van der Waals surface area (Å²) in [5, 5.41) is 3.33. The summed E-state index contributed by atoms with van der Waals surface area (Å²) in [6, 6.07) is 0. The van der Waals surface area contributed by atoms with Crippen LogP contribution in [-0.2, 0) is 9.59 Å². The molecule has 1 spiro atoms. The second-order valence-electron chi connectivity index (χ2n) is 4.89. The molecule has 1 amide bonds. The van der Waals surface area contributed by atoms with Crippen molar-refractivity contribution in [2.24, 2.45) is 5.41 Å². The molecular weight excluding hydrogens is 204 g/mol. The highest BCUT2D eigenvalue weighted by atomic mass is 16.2. The van der Waals surface area contributed by atoms with E-state index in [1.165, 1.54) is 19.1 Å². The van der Waals surface area contributed by atoms with Gasteiger partial charge in [0.1, 0.15) is 0 Å². The first-order chi connectivity index (χ1) is 7.61. The van der Waals surface area contributed by atoms with Crippen molar-refractivity contribution in [2.75, 3.05) is 26.2 Å². The first-order valence-corrected chi connectivity index (χ1v) is 5.80. The number of likely N-dealkylation sites (tertiary alicyclic amines) is 1. The summed E-state index contributed by atoms with van der Waals surface area (Å²) in [5.74, 6) is -0.107. The van der Waals surface area contributed by atoms with Gasteiger partial charge in [-0.15, -0.1) is 0 Å². The SMILES string of the molecule is CC(=O)C=CC(=O)N1CC2(CCNCC2)C1. The molecule has 4 nitrogen and oxygen atoms in total. The molecule has 0 aliphatic carbocycles. The Kier molecular flexibility index (Phi) is 3.10. The summed E-state index contributed by atoms with van der Waals surface area (Å²) in [7, 11) is 0. The lowest BCUT2D eigenvalue weighted by Gasteiger charge is -2.52. The van der Waals surface area contributed by atoms with Crippen molar-refractivity contribution in [1.29, 1.82) is 0 Å². The van der Waals surface area contributed by atoms with Crippen molar-refractivity contribution < 1.29 is 9.59 Å². The Morgan fingerprint density at radius 2 is 1.81 bits per heavy atom. The van der Waals surface area contributed by atoms with Gasteiger partial charge in [-0.25, -0.2) is 0 Å². The van der Waals surface area contributed by atoms with Gasteiger partial charge in [-0.3, -0.25) is 9.59 Å². The first kappa shape index (κ1) is 11.3. The fourth-order valence-electron chi connectivity index (χ4n) is 2.49. The largest absolute Gasteiger partial charge is 0.338 e. The van der Waals surface area contributed by atoms with Gasteiger partial charge < -0.3 is 10.2 Å². The van der Waals surface area contributed by atoms with Crippen molar-refractivity contribution >= 4 is 11.7 Å². The molecule has 2 fully saturated rings. The molecule has 0 bridgehead atoms. The summed E-state index contributed by atoms with van der Waals surface area (Å²) >= 11 is 0. The van der Waals surface area contributed by atoms with Crippen molar-refractivity contribution in [2.45, 2.75) is 19.8 Å². The predicted molar refractivity (Wildman–Crippen MR) is 60.9 cm³/mol. The Morgan fingerprint density at radius 1 is 1.19 bits per heavy atom. The summed E-state index contributed by atoms with van der Waals surface area (Å²) in [5.41, 5.74) is 0.366. The van der Waals surface area contributed by atoms with Crippen molar-refractivity contribution in [3.63, 3.8) is 0 Å². The number of ketones is 1. The molecule has 0 unspecified atom stereocenters. The number of amides is 1. The van der Waals surface area contributed by atoms with Gasteiger partial charge in [0.25, 0.3) is 0 Å². The molecule has 0 aromatic carbocycles. The average Bonchev–Trinajstić information content (AvgIpc) is 2.23. The lowest BCUT2D eigenvalue weighted by molar-refractivity contribution is -0.139. The summed E-state index contributed by atoms with van der Waals surface area (Å²) in [4.78, 5) is 24.2. The normalized spacial score (nSPS) is 23.4. The average molecular weight is 222 g/mol. The number of nitrogens with one attached hydrogen (secondary N) is 1. The third-order valence-corrected chi connectivity index (χ3v) is 3.49. The molecule has 2 heterocycles. The van der Waals surface area contributed by atoms with Crippen molar-refractivity contribution in [3.8, 4) is 0 Å². The highest BCUT2D eigenvalue weighted by Gasteiger charge is 2.44. The standard InChI is InChI=1S/C12H18N2O2/c1-10(15)2-3-11(16)14-8-12(9-14)4-6-13-7-5-12/h2-3,13H,4-9H2,1H3. The molecule has 88 valence electrons. The number of nitrogens with zero attached hydrogens (tertiary/aromatic N) is 1. The van der Waals surface area contributed by atoms with E-state index < -0.39 is 0 Å². The quantitative estimate of drug-likeness (QED) is 0.686. The molecule has 0 aromatic heterocycles. The fraction of sp³-hybridized carbons (Fsp3) is 0.667. The number of rotatable bonds is 2. The number of allylic oxidation sites excluding steroid dienone is 1. The highest BCUT2D eigenvalue weighted by Crippen LogP contribution is 2.38. The third kappa shape index (κ3) is 2.32. The van der Waals surface area contributed by atoms with E-state index in [2.05, 4.69) is 5.32 Å². The van der Waals surface area contributed by atoms with E-state index in [9.17, 15) is 9.59 Å². The van der Waals surface area contributed by atoms with Crippen LogP contribution in [0.5, 0.6) is 0 Å². The molecule has 1 N–H and O–H groups in total. The molecule has 4 heteroatoms. The van der Waals surface area contributed by atoms with Gasteiger partial charge in [-0.05, 0) is 38.9 Å². The van der Waals surface area contributed by atoms with Gasteiger partial charge in [0.15, 0.2) is 5.78 Å². The van der Waals surface area contributed by atoms with Crippen LogP contribution in [0.1, 0.15) is 19.8 Å². The molecule has 2 rings (SSSR count). The zero-order valence-electron chi connectivity index (χ0n) is 9.66. The summed E-state index contributed by atoms with van der Waals surface area (Å²) in [6.45, 7) is 5.29. The van der Waals surface area contributed by atoms with E-state index in [1.807, 2.05) is 4.90 Å². The van der Waals surface area contributed by atoms with Crippen LogP contribution in [0.25, 0.3) is 0 Å². The molecule has 0 saturated carbocycles. The lowest BCUT2D eigenvalue weighted by atomic mass is 9.72. The molecule has 2 aliphatic heterocycles. The van der Waals surface area contributed by atoms with Gasteiger partial charge in [-0.1, -0.05) is 0 Å². The molecule has 2 aliphatic rings. The van der Waals surface area contributed by atoms with Crippen LogP contribution < -0.4 is 5.32 Å². The predicted octanol–water partition coefficient (Wildman–Crippen LogP) is 0.344. The number of hydrogen-bond donors (Lipinski definition) is 1. The molecule has 0 atom stereocenters. The van der Waals surface area contributed by atoms with Crippen molar-refractivity contribution in [1.82, 2.24) is 10.2 Å². The van der Waals surface area contributed by atoms with Crippen LogP contribution >= 0.6 is 0 Å². The van der Waals surface area contributed by atoms with E-state index >= 15 is 0 Å². The number of hydrogen-bond acceptors (Lipinski definition) is 3. The van der Waals surface area contributed by atoms with E-state index in [4.69, 9.17) is 0 Å². The van der Waals surface area contributed by atoms with Gasteiger partial charge in [0, 0.05) is 24.6 Å². The van der Waals surface area contributed by atoms with Crippen LogP contribution in [0, 0.1) is 5.41 Å². The van der Waals surface area contributed by atoms with E-state index in [-0.39, 0.29) is 11.7 Å². The Morgan fingerprint density at radius 3 is 2.38 bits per heavy atom. The monoisotopic (exact) mass is 222 g/mol. The van der Waals surface area contributed by atoms with Crippen LogP contribution in [-0.4, -0.2) is 42.8 Å². The molecule has 0 radical (unpaired) electrons. The summed E-state index contributed by atoms with van der Waals surface area (Å²) < 4.78 is 0. The minimum Gasteiger partial charge on any atom is -0.338 e. The first-order valence-electron chi connectivity index (χ1n) is 5.80. The number of carbonyl (C=O) groups excluding carboxylic acids is 2. The highest BCUT2D eigenvalue weighted by molar-refractivity contribution is 5.96. The minimum absolute atomic E-state index is 0.0284. The Balaban J connectivity index is 1.83. The van der Waals surface area contributed by atoms with Crippen LogP contribution in [0.3, 0.4) is 0 Å². The Hall–Kier alpha value is -1.16. The zero-order valence-corrected chi connectivity index (χ0v) is 9.66. The molecule has 0 aromatic rings. The second-order valence-corrected chi connectivity index (χ2v) is 4.89. The number of piperidine rings is 1. The van der Waals surface area contributed by atoms with Gasteiger partial charge in [0.2, 0.25) is 5.91 Å². The Labute approximate surface area is 95.7 Å². The van der Waals surface area contributed by atoms with Crippen LogP contribution in [0.4, 0.5) is 0 Å². The maximum absolute atomic E-state index is 11.6. The van der Waals surface area contributed by atoms with Crippen LogP contribution in [0.2, 0.25) is 0 Å². The van der Waals surface area contributed by atoms with Crippen LogP contribution in [0.15, 0.2) is 12.2 Å². The van der Waals surface area contributed by atoms with E-state index in [0.717, 1.165) is 39.0 Å². The summed E-state index contributed by atoms with van der Waals surface area (Å²) in [6.07, 6.45) is 5.05. The van der Waals surface area contributed by atoms with E-state index in [0.29, 0.717) is 5.41 Å². The molecule has 2 saturated heterocycles. The zero-order chi connectivity index (χ0) is 11.6. The third-order valence-electron chi connectivity index (χ3n) is 3.49. The fourth-order valence-corrected chi connectivity index (χ4v) is 2.49. The number of carbonyl (C=O) groups is 2. The van der Waals surface area contributed by atoms with Gasteiger partial charge >= 0.3 is 0 Å². The second kappa shape index (κ2) is 4.37.